The van der Waals surface area contributed by atoms with Crippen LogP contribution in [0.1, 0.15) is 19.4 Å². The molecule has 2 rings (SSSR count). The fourth-order valence-electron chi connectivity index (χ4n) is 2.04. The number of benzene rings is 1. The molecule has 1 aliphatic heterocycles. The fraction of sp³-hybridized carbons (Fsp3) is 0.462. The molecular weight excluding hydrogens is 200 g/mol. The lowest BCUT2D eigenvalue weighted by molar-refractivity contribution is -0.121. The minimum atomic E-state index is 0.0301. The SMILES string of the molecule is CCc1ccc2c(c1)NCC(C)C(=O)N2C. The molecule has 1 aliphatic rings. The molecule has 0 aromatic heterocycles. The van der Waals surface area contributed by atoms with E-state index >= 15 is 0 Å². The Kier molecular flexibility index (Phi) is 2.86. The van der Waals surface area contributed by atoms with Crippen LogP contribution in [0.25, 0.3) is 0 Å². The van der Waals surface area contributed by atoms with Gasteiger partial charge in [0.25, 0.3) is 0 Å². The first kappa shape index (κ1) is 11.0. The smallest absolute Gasteiger partial charge is 0.231 e. The van der Waals surface area contributed by atoms with Crippen LogP contribution in [-0.2, 0) is 11.2 Å². The Bertz CT molecular complexity index is 414. The Morgan fingerprint density at radius 3 is 2.94 bits per heavy atom. The summed E-state index contributed by atoms with van der Waals surface area (Å²) < 4.78 is 0. The van der Waals surface area contributed by atoms with E-state index in [1.54, 1.807) is 4.90 Å². The van der Waals surface area contributed by atoms with Crippen molar-refractivity contribution < 1.29 is 4.79 Å². The molecule has 3 nitrogen and oxygen atoms in total. The molecule has 16 heavy (non-hydrogen) atoms. The maximum Gasteiger partial charge on any atom is 0.231 e. The van der Waals surface area contributed by atoms with Crippen molar-refractivity contribution in [3.05, 3.63) is 23.8 Å². The Hall–Kier alpha value is -1.51. The molecule has 1 unspecified atom stereocenters. The highest BCUT2D eigenvalue weighted by Gasteiger charge is 2.24. The molecule has 1 atom stereocenters. The summed E-state index contributed by atoms with van der Waals surface area (Å²) in [4.78, 5) is 13.7. The molecule has 0 aliphatic carbocycles. The van der Waals surface area contributed by atoms with E-state index in [-0.39, 0.29) is 11.8 Å². The Morgan fingerprint density at radius 2 is 2.25 bits per heavy atom. The van der Waals surface area contributed by atoms with Crippen molar-refractivity contribution in [1.29, 1.82) is 0 Å². The number of carbonyl (C=O) groups excluding carboxylic acids is 1. The first-order valence-corrected chi connectivity index (χ1v) is 5.78. The van der Waals surface area contributed by atoms with Gasteiger partial charge in [0.15, 0.2) is 0 Å². The maximum atomic E-state index is 11.9. The molecule has 3 heteroatoms. The van der Waals surface area contributed by atoms with Crippen LogP contribution in [0.2, 0.25) is 0 Å². The van der Waals surface area contributed by atoms with Crippen molar-refractivity contribution in [3.63, 3.8) is 0 Å². The average molecular weight is 218 g/mol. The summed E-state index contributed by atoms with van der Waals surface area (Å²) in [5.74, 6) is 0.206. The highest BCUT2D eigenvalue weighted by atomic mass is 16.2. The van der Waals surface area contributed by atoms with Gasteiger partial charge in [-0.25, -0.2) is 0 Å². The van der Waals surface area contributed by atoms with Crippen molar-refractivity contribution >= 4 is 17.3 Å². The van der Waals surface area contributed by atoms with E-state index in [0.29, 0.717) is 6.54 Å². The molecule has 0 spiro atoms. The highest BCUT2D eigenvalue weighted by Crippen LogP contribution is 2.30. The topological polar surface area (TPSA) is 32.3 Å². The first-order valence-electron chi connectivity index (χ1n) is 5.78. The molecule has 1 amide bonds. The summed E-state index contributed by atoms with van der Waals surface area (Å²) in [6.45, 7) is 4.80. The van der Waals surface area contributed by atoms with Gasteiger partial charge in [0.2, 0.25) is 5.91 Å². The number of rotatable bonds is 1. The molecule has 1 aromatic rings. The van der Waals surface area contributed by atoms with E-state index in [2.05, 4.69) is 24.4 Å². The second kappa shape index (κ2) is 4.16. The van der Waals surface area contributed by atoms with Crippen LogP contribution >= 0.6 is 0 Å². The lowest BCUT2D eigenvalue weighted by Crippen LogP contribution is -2.31. The predicted molar refractivity (Wildman–Crippen MR) is 66.9 cm³/mol. The fourth-order valence-corrected chi connectivity index (χ4v) is 2.04. The summed E-state index contributed by atoms with van der Waals surface area (Å²) in [7, 11) is 1.84. The number of aryl methyl sites for hydroxylation is 1. The molecule has 1 N–H and O–H groups in total. The van der Waals surface area contributed by atoms with Gasteiger partial charge in [-0.3, -0.25) is 4.79 Å². The van der Waals surface area contributed by atoms with E-state index in [9.17, 15) is 4.79 Å². The van der Waals surface area contributed by atoms with Crippen molar-refractivity contribution in [2.24, 2.45) is 5.92 Å². The first-order chi connectivity index (χ1) is 7.63. The molecule has 1 aromatic carbocycles. The van der Waals surface area contributed by atoms with Gasteiger partial charge < -0.3 is 10.2 Å². The second-order valence-corrected chi connectivity index (χ2v) is 4.38. The van der Waals surface area contributed by atoms with E-state index in [1.807, 2.05) is 20.0 Å². The zero-order valence-electron chi connectivity index (χ0n) is 10.1. The number of hydrogen-bond donors (Lipinski definition) is 1. The van der Waals surface area contributed by atoms with E-state index < -0.39 is 0 Å². The summed E-state index contributed by atoms with van der Waals surface area (Å²) in [6, 6.07) is 6.24. The lowest BCUT2D eigenvalue weighted by Gasteiger charge is -2.18. The number of anilines is 2. The van der Waals surface area contributed by atoms with Crippen molar-refractivity contribution in [2.45, 2.75) is 20.3 Å². The third kappa shape index (κ3) is 1.77. The summed E-state index contributed by atoms with van der Waals surface area (Å²) in [5, 5.41) is 3.35. The van der Waals surface area contributed by atoms with Gasteiger partial charge in [0.05, 0.1) is 17.3 Å². The largest absolute Gasteiger partial charge is 0.383 e. The molecule has 0 saturated heterocycles. The van der Waals surface area contributed by atoms with Gasteiger partial charge in [0, 0.05) is 13.6 Å². The zero-order chi connectivity index (χ0) is 11.7. The number of fused-ring (bicyclic) bond motifs is 1. The number of nitrogens with zero attached hydrogens (tertiary/aromatic N) is 1. The number of amides is 1. The molecule has 0 fully saturated rings. The van der Waals surface area contributed by atoms with E-state index in [1.165, 1.54) is 5.56 Å². The average Bonchev–Trinajstić information content (AvgIpc) is 2.42. The molecule has 1 heterocycles. The summed E-state index contributed by atoms with van der Waals surface area (Å²) in [5.41, 5.74) is 3.34. The van der Waals surface area contributed by atoms with Crippen molar-refractivity contribution in [2.75, 3.05) is 23.8 Å². The molecule has 86 valence electrons. The normalized spacial score (nSPS) is 20.1. The van der Waals surface area contributed by atoms with Crippen LogP contribution in [0.5, 0.6) is 0 Å². The van der Waals surface area contributed by atoms with Gasteiger partial charge in [-0.15, -0.1) is 0 Å². The van der Waals surface area contributed by atoms with Crippen molar-refractivity contribution in [3.8, 4) is 0 Å². The van der Waals surface area contributed by atoms with Crippen LogP contribution in [0.15, 0.2) is 18.2 Å². The van der Waals surface area contributed by atoms with Crippen LogP contribution in [0.4, 0.5) is 11.4 Å². The second-order valence-electron chi connectivity index (χ2n) is 4.38. The standard InChI is InChI=1S/C13H18N2O/c1-4-10-5-6-12-11(7-10)14-8-9(2)13(16)15(12)3/h5-7,9,14H,4,8H2,1-3H3. The maximum absolute atomic E-state index is 11.9. The van der Waals surface area contributed by atoms with Crippen LogP contribution < -0.4 is 10.2 Å². The van der Waals surface area contributed by atoms with E-state index in [4.69, 9.17) is 0 Å². The Labute approximate surface area is 96.5 Å². The van der Waals surface area contributed by atoms with Crippen molar-refractivity contribution in [1.82, 2.24) is 0 Å². The van der Waals surface area contributed by atoms with Crippen LogP contribution in [0.3, 0.4) is 0 Å². The van der Waals surface area contributed by atoms with Gasteiger partial charge in [0.1, 0.15) is 0 Å². The number of carbonyl (C=O) groups is 1. The minimum absolute atomic E-state index is 0.0301. The third-order valence-electron chi connectivity index (χ3n) is 3.18. The molecule has 0 radical (unpaired) electrons. The zero-order valence-corrected chi connectivity index (χ0v) is 10.1. The Morgan fingerprint density at radius 1 is 1.50 bits per heavy atom. The highest BCUT2D eigenvalue weighted by molar-refractivity contribution is 5.99. The quantitative estimate of drug-likeness (QED) is 0.784. The third-order valence-corrected chi connectivity index (χ3v) is 3.18. The Balaban J connectivity index is 2.43. The van der Waals surface area contributed by atoms with Gasteiger partial charge in [-0.2, -0.15) is 0 Å². The van der Waals surface area contributed by atoms with Gasteiger partial charge >= 0.3 is 0 Å². The van der Waals surface area contributed by atoms with Crippen LogP contribution in [-0.4, -0.2) is 19.5 Å². The summed E-state index contributed by atoms with van der Waals surface area (Å²) in [6.07, 6.45) is 1.02. The van der Waals surface area contributed by atoms with Gasteiger partial charge in [-0.05, 0) is 24.1 Å². The number of nitrogens with one attached hydrogen (secondary N) is 1. The van der Waals surface area contributed by atoms with E-state index in [0.717, 1.165) is 17.8 Å². The molecule has 0 bridgehead atoms. The molecule has 0 saturated carbocycles. The predicted octanol–water partition coefficient (Wildman–Crippen LogP) is 2.27. The minimum Gasteiger partial charge on any atom is -0.383 e. The summed E-state index contributed by atoms with van der Waals surface area (Å²) >= 11 is 0. The molecular formula is C13H18N2O. The lowest BCUT2D eigenvalue weighted by atomic mass is 10.1. The number of hydrogen-bond acceptors (Lipinski definition) is 2. The monoisotopic (exact) mass is 218 g/mol. The van der Waals surface area contributed by atoms with Gasteiger partial charge in [-0.1, -0.05) is 19.9 Å². The van der Waals surface area contributed by atoms with Crippen LogP contribution in [0, 0.1) is 5.92 Å².